The van der Waals surface area contributed by atoms with Crippen molar-refractivity contribution in [3.8, 4) is 17.4 Å². The Morgan fingerprint density at radius 2 is 1.89 bits per heavy atom. The largest absolute Gasteiger partial charge is 0.491 e. The Labute approximate surface area is 214 Å². The molecule has 8 nitrogen and oxygen atoms in total. The van der Waals surface area contributed by atoms with Crippen LogP contribution in [0.3, 0.4) is 0 Å². The monoisotopic (exact) mass is 554 g/mol. The van der Waals surface area contributed by atoms with E-state index in [9.17, 15) is 21.6 Å². The van der Waals surface area contributed by atoms with Gasteiger partial charge in [-0.25, -0.2) is 18.1 Å². The van der Waals surface area contributed by atoms with Crippen molar-refractivity contribution < 1.29 is 40.5 Å². The van der Waals surface area contributed by atoms with Crippen LogP contribution in [-0.2, 0) is 32.1 Å². The average Bonchev–Trinajstić information content (AvgIpc) is 2.81. The molecule has 0 saturated heterocycles. The van der Waals surface area contributed by atoms with Crippen molar-refractivity contribution in [2.45, 2.75) is 32.4 Å². The van der Waals surface area contributed by atoms with Crippen LogP contribution in [0, 0.1) is 0 Å². The van der Waals surface area contributed by atoms with Gasteiger partial charge in [0.15, 0.2) is 0 Å². The van der Waals surface area contributed by atoms with Crippen LogP contribution in [0.1, 0.15) is 30.9 Å². The second-order valence-electron chi connectivity index (χ2n) is 7.59. The number of hydrogen-bond donors (Lipinski definition) is 1. The topological polar surface area (TPSA) is 96.0 Å². The van der Waals surface area contributed by atoms with Crippen molar-refractivity contribution in [1.29, 1.82) is 0 Å². The number of benzene rings is 1. The summed E-state index contributed by atoms with van der Waals surface area (Å²) in [6, 6.07) is 5.64. The molecule has 1 aromatic heterocycles. The summed E-state index contributed by atoms with van der Waals surface area (Å²) in [5, 5.41) is -0.319. The first kappa shape index (κ1) is 30.1. The number of rotatable bonds is 16. The van der Waals surface area contributed by atoms with Crippen LogP contribution in [0.25, 0.3) is 0 Å². The molecule has 1 heterocycles. The Balaban J connectivity index is 2.12. The normalized spacial score (nSPS) is 12.1. The number of aryl methyl sites for hydroxylation is 1. The van der Waals surface area contributed by atoms with Gasteiger partial charge >= 0.3 is 6.18 Å². The molecule has 202 valence electrons. The number of sulfonamides is 1. The van der Waals surface area contributed by atoms with Crippen LogP contribution in [0.4, 0.5) is 13.2 Å². The van der Waals surface area contributed by atoms with Gasteiger partial charge in [-0.05, 0) is 43.9 Å². The summed E-state index contributed by atoms with van der Waals surface area (Å²) in [7, 11) is -1.96. The van der Waals surface area contributed by atoms with Crippen LogP contribution < -0.4 is 14.2 Å². The van der Waals surface area contributed by atoms with Crippen molar-refractivity contribution in [1.82, 2.24) is 9.71 Å². The molecule has 0 aliphatic rings. The summed E-state index contributed by atoms with van der Waals surface area (Å²) in [6.45, 7) is 3.80. The van der Waals surface area contributed by atoms with Gasteiger partial charge in [-0.2, -0.15) is 13.2 Å². The molecule has 0 aliphatic heterocycles. The minimum absolute atomic E-state index is 0.119. The Morgan fingerprint density at radius 1 is 1.11 bits per heavy atom. The molecular weight excluding hydrogens is 525 g/mol. The van der Waals surface area contributed by atoms with Gasteiger partial charge in [0.2, 0.25) is 15.9 Å². The van der Waals surface area contributed by atoms with Gasteiger partial charge in [0.05, 0.1) is 17.9 Å². The molecule has 1 N–H and O–H groups in total. The van der Waals surface area contributed by atoms with E-state index in [1.54, 1.807) is 18.2 Å². The van der Waals surface area contributed by atoms with Crippen molar-refractivity contribution in [2.75, 3.05) is 45.8 Å². The molecule has 0 amide bonds. The molecule has 1 aromatic carbocycles. The van der Waals surface area contributed by atoms with E-state index in [0.717, 1.165) is 6.07 Å². The predicted octanol–water partition coefficient (Wildman–Crippen LogP) is 4.85. The van der Waals surface area contributed by atoms with Crippen LogP contribution >= 0.6 is 11.6 Å². The number of nitrogens with one attached hydrogen (secondary N) is 1. The smallest absolute Gasteiger partial charge is 0.417 e. The molecule has 0 atom stereocenters. The standard InChI is InChI=1S/C23H30ClF3N2O6S/c1-3-33-10-5-9-29-36(30,31)13-4-6-17-7-8-19(34-12-11-32-2)15-21(17)35-22-20(24)14-18(16-28-22)23(25,26)27/h7-8,14-16,29H,3-6,9-13H2,1-2H3. The van der Waals surface area contributed by atoms with E-state index < -0.39 is 21.8 Å². The summed E-state index contributed by atoms with van der Waals surface area (Å²) in [6.07, 6.45) is -2.82. The summed E-state index contributed by atoms with van der Waals surface area (Å²) >= 11 is 5.99. The van der Waals surface area contributed by atoms with Gasteiger partial charge in [-0.3, -0.25) is 0 Å². The minimum Gasteiger partial charge on any atom is -0.491 e. The first-order valence-corrected chi connectivity index (χ1v) is 13.3. The summed E-state index contributed by atoms with van der Waals surface area (Å²) in [4.78, 5) is 3.71. The maximum absolute atomic E-state index is 12.9. The Kier molecular flexibility index (Phi) is 12.2. The number of nitrogens with zero attached hydrogens (tertiary/aromatic N) is 1. The SMILES string of the molecule is CCOCCCNS(=O)(=O)CCCc1ccc(OCCOC)cc1Oc1ncc(C(F)(F)F)cc1Cl. The number of ether oxygens (including phenoxy) is 4. The van der Waals surface area contributed by atoms with Crippen LogP contribution in [0.2, 0.25) is 5.02 Å². The van der Waals surface area contributed by atoms with E-state index >= 15 is 0 Å². The maximum atomic E-state index is 12.9. The Hall–Kier alpha value is -2.12. The second-order valence-corrected chi connectivity index (χ2v) is 9.92. The number of pyridine rings is 1. The number of halogens is 4. The van der Waals surface area contributed by atoms with Crippen molar-refractivity contribution in [2.24, 2.45) is 0 Å². The van der Waals surface area contributed by atoms with Gasteiger partial charge in [0, 0.05) is 39.1 Å². The van der Waals surface area contributed by atoms with Gasteiger partial charge in [0.25, 0.3) is 0 Å². The lowest BCUT2D eigenvalue weighted by Crippen LogP contribution is -2.28. The highest BCUT2D eigenvalue weighted by molar-refractivity contribution is 7.89. The molecule has 0 fully saturated rings. The zero-order chi connectivity index (χ0) is 26.6. The maximum Gasteiger partial charge on any atom is 0.417 e. The first-order chi connectivity index (χ1) is 17.1. The fraction of sp³-hybridized carbons (Fsp3) is 0.522. The van der Waals surface area contributed by atoms with Gasteiger partial charge in [-0.15, -0.1) is 0 Å². The fourth-order valence-electron chi connectivity index (χ4n) is 3.00. The molecule has 13 heteroatoms. The van der Waals surface area contributed by atoms with E-state index in [0.29, 0.717) is 50.2 Å². The first-order valence-electron chi connectivity index (χ1n) is 11.3. The van der Waals surface area contributed by atoms with Crippen molar-refractivity contribution >= 4 is 21.6 Å². The van der Waals surface area contributed by atoms with Crippen LogP contribution in [-0.4, -0.2) is 59.2 Å². The van der Waals surface area contributed by atoms with Crippen LogP contribution in [0.5, 0.6) is 17.4 Å². The van der Waals surface area contributed by atoms with Crippen molar-refractivity contribution in [3.05, 3.63) is 46.6 Å². The van der Waals surface area contributed by atoms with Gasteiger partial charge in [-0.1, -0.05) is 17.7 Å². The molecule has 36 heavy (non-hydrogen) atoms. The molecular formula is C23H30ClF3N2O6S. The van der Waals surface area contributed by atoms with Crippen LogP contribution in [0.15, 0.2) is 30.5 Å². The number of alkyl halides is 3. The number of methoxy groups -OCH3 is 1. The Bertz CT molecular complexity index is 1070. The van der Waals surface area contributed by atoms with E-state index in [-0.39, 0.29) is 42.0 Å². The third-order valence-electron chi connectivity index (χ3n) is 4.79. The molecule has 0 aliphatic carbocycles. The lowest BCUT2D eigenvalue weighted by molar-refractivity contribution is -0.137. The van der Waals surface area contributed by atoms with Gasteiger partial charge in [0.1, 0.15) is 23.1 Å². The fourth-order valence-corrected chi connectivity index (χ4v) is 4.33. The highest BCUT2D eigenvalue weighted by Crippen LogP contribution is 2.36. The molecule has 0 spiro atoms. The lowest BCUT2D eigenvalue weighted by Gasteiger charge is -2.15. The molecule has 0 bridgehead atoms. The molecule has 0 radical (unpaired) electrons. The second kappa shape index (κ2) is 14.6. The lowest BCUT2D eigenvalue weighted by atomic mass is 10.1. The highest BCUT2D eigenvalue weighted by atomic mass is 35.5. The molecule has 0 saturated carbocycles. The summed E-state index contributed by atoms with van der Waals surface area (Å²) in [5.41, 5.74) is -0.394. The van der Waals surface area contributed by atoms with E-state index in [1.165, 1.54) is 7.11 Å². The predicted molar refractivity (Wildman–Crippen MR) is 129 cm³/mol. The summed E-state index contributed by atoms with van der Waals surface area (Å²) in [5.74, 6) is 0.328. The van der Waals surface area contributed by atoms with E-state index in [4.69, 9.17) is 30.5 Å². The number of hydrogen-bond acceptors (Lipinski definition) is 7. The zero-order valence-electron chi connectivity index (χ0n) is 20.1. The molecule has 0 unspecified atom stereocenters. The highest BCUT2D eigenvalue weighted by Gasteiger charge is 2.32. The quantitative estimate of drug-likeness (QED) is 0.296. The Morgan fingerprint density at radius 3 is 2.56 bits per heavy atom. The number of aromatic nitrogens is 1. The molecule has 2 rings (SSSR count). The van der Waals surface area contributed by atoms with E-state index in [1.807, 2.05) is 6.92 Å². The zero-order valence-corrected chi connectivity index (χ0v) is 21.6. The van der Waals surface area contributed by atoms with E-state index in [2.05, 4.69) is 9.71 Å². The van der Waals surface area contributed by atoms with Crippen molar-refractivity contribution in [3.63, 3.8) is 0 Å². The summed E-state index contributed by atoms with van der Waals surface area (Å²) < 4.78 is 87.3. The average molecular weight is 555 g/mol. The third kappa shape index (κ3) is 10.5. The van der Waals surface area contributed by atoms with Gasteiger partial charge < -0.3 is 18.9 Å². The minimum atomic E-state index is -4.60. The third-order valence-corrected chi connectivity index (χ3v) is 6.53. The molecule has 2 aromatic rings.